The number of imidazole rings is 1. The third kappa shape index (κ3) is 2.94. The molecule has 4 nitrogen and oxygen atoms in total. The molecule has 0 aliphatic rings. The van der Waals surface area contributed by atoms with Crippen LogP contribution in [0, 0.1) is 0 Å². The van der Waals surface area contributed by atoms with E-state index in [9.17, 15) is 4.79 Å². The second kappa shape index (κ2) is 6.15. The van der Waals surface area contributed by atoms with E-state index in [0.717, 1.165) is 15.7 Å². The van der Waals surface area contributed by atoms with Gasteiger partial charge in [0.2, 0.25) is 5.95 Å². The average Bonchev–Trinajstić information content (AvgIpc) is 2.90. The lowest BCUT2D eigenvalue weighted by atomic mass is 10.2. The minimum absolute atomic E-state index is 0.170. The molecular formula is C17H14BrN3O. The number of aromatic nitrogens is 2. The van der Waals surface area contributed by atoms with Gasteiger partial charge < -0.3 is 4.57 Å². The summed E-state index contributed by atoms with van der Waals surface area (Å²) < 4.78 is 2.89. The molecule has 0 saturated heterocycles. The average molecular weight is 356 g/mol. The molecule has 22 heavy (non-hydrogen) atoms. The molecule has 1 aromatic heterocycles. The van der Waals surface area contributed by atoms with E-state index >= 15 is 0 Å². The zero-order chi connectivity index (χ0) is 15.5. The highest BCUT2D eigenvalue weighted by atomic mass is 79.9. The van der Waals surface area contributed by atoms with Crippen LogP contribution < -0.4 is 5.32 Å². The molecule has 0 saturated carbocycles. The van der Waals surface area contributed by atoms with Gasteiger partial charge in [-0.2, -0.15) is 0 Å². The monoisotopic (exact) mass is 355 g/mol. The van der Waals surface area contributed by atoms with Gasteiger partial charge in [-0.15, -0.1) is 0 Å². The topological polar surface area (TPSA) is 46.9 Å². The molecule has 3 rings (SSSR count). The van der Waals surface area contributed by atoms with Gasteiger partial charge in [0, 0.05) is 17.1 Å². The first-order chi connectivity index (χ1) is 10.6. The van der Waals surface area contributed by atoms with E-state index in [4.69, 9.17) is 0 Å². The van der Waals surface area contributed by atoms with Gasteiger partial charge >= 0.3 is 0 Å². The number of hydrogen-bond acceptors (Lipinski definition) is 2. The summed E-state index contributed by atoms with van der Waals surface area (Å²) >= 11 is 3.42. The number of nitrogens with zero attached hydrogens (tertiary/aromatic N) is 2. The number of rotatable bonds is 3. The van der Waals surface area contributed by atoms with Crippen molar-refractivity contribution < 1.29 is 4.79 Å². The van der Waals surface area contributed by atoms with Gasteiger partial charge in [0.05, 0.1) is 11.9 Å². The highest BCUT2D eigenvalue weighted by Crippen LogP contribution is 2.23. The van der Waals surface area contributed by atoms with Crippen LogP contribution in [0.5, 0.6) is 0 Å². The van der Waals surface area contributed by atoms with Crippen molar-refractivity contribution in [1.29, 1.82) is 0 Å². The smallest absolute Gasteiger partial charge is 0.257 e. The molecule has 0 radical (unpaired) electrons. The number of carbonyl (C=O) groups excluding carboxylic acids is 1. The Morgan fingerprint density at radius 2 is 1.77 bits per heavy atom. The summed E-state index contributed by atoms with van der Waals surface area (Å²) in [5.41, 5.74) is 2.59. The van der Waals surface area contributed by atoms with Crippen LogP contribution in [-0.4, -0.2) is 15.5 Å². The standard InChI is InChI=1S/C17H14BrN3O/c1-21-15(12-7-9-14(18)10-8-12)11-19-17(21)20-16(22)13-5-3-2-4-6-13/h2-11H,1H3,(H,19,20,22). The molecular weight excluding hydrogens is 342 g/mol. The molecule has 0 aliphatic carbocycles. The third-order valence-electron chi connectivity index (χ3n) is 3.39. The van der Waals surface area contributed by atoms with Crippen LogP contribution in [0.1, 0.15) is 10.4 Å². The number of hydrogen-bond donors (Lipinski definition) is 1. The molecule has 0 unspecified atom stereocenters. The molecule has 1 heterocycles. The summed E-state index contributed by atoms with van der Waals surface area (Å²) in [6, 6.07) is 17.1. The van der Waals surface area contributed by atoms with E-state index in [1.807, 2.05) is 54.1 Å². The Kier molecular flexibility index (Phi) is 4.06. The Balaban J connectivity index is 1.85. The molecule has 1 N–H and O–H groups in total. The Morgan fingerprint density at radius 3 is 2.45 bits per heavy atom. The second-order valence-electron chi connectivity index (χ2n) is 4.85. The lowest BCUT2D eigenvalue weighted by Crippen LogP contribution is -2.15. The van der Waals surface area contributed by atoms with Crippen molar-refractivity contribution in [2.24, 2.45) is 7.05 Å². The highest BCUT2D eigenvalue weighted by molar-refractivity contribution is 9.10. The normalized spacial score (nSPS) is 10.5. The zero-order valence-electron chi connectivity index (χ0n) is 12.0. The Hall–Kier alpha value is -2.40. The minimum atomic E-state index is -0.170. The van der Waals surface area contributed by atoms with E-state index in [-0.39, 0.29) is 5.91 Å². The summed E-state index contributed by atoms with van der Waals surface area (Å²) in [5.74, 6) is 0.350. The van der Waals surface area contributed by atoms with Crippen LogP contribution >= 0.6 is 15.9 Å². The van der Waals surface area contributed by atoms with Crippen molar-refractivity contribution in [2.45, 2.75) is 0 Å². The van der Waals surface area contributed by atoms with Crippen LogP contribution in [0.25, 0.3) is 11.3 Å². The number of anilines is 1. The van der Waals surface area contributed by atoms with Gasteiger partial charge in [-0.25, -0.2) is 4.98 Å². The summed E-state index contributed by atoms with van der Waals surface area (Å²) in [6.45, 7) is 0. The van der Waals surface area contributed by atoms with Gasteiger partial charge in [0.15, 0.2) is 0 Å². The minimum Gasteiger partial charge on any atom is -0.313 e. The largest absolute Gasteiger partial charge is 0.313 e. The predicted molar refractivity (Wildman–Crippen MR) is 90.7 cm³/mol. The maximum Gasteiger partial charge on any atom is 0.257 e. The molecule has 5 heteroatoms. The van der Waals surface area contributed by atoms with Gasteiger partial charge in [0.1, 0.15) is 0 Å². The fraction of sp³-hybridized carbons (Fsp3) is 0.0588. The quantitative estimate of drug-likeness (QED) is 0.768. The summed E-state index contributed by atoms with van der Waals surface area (Å²) in [7, 11) is 1.88. The number of halogens is 1. The number of benzene rings is 2. The fourth-order valence-electron chi connectivity index (χ4n) is 2.18. The first-order valence-corrected chi connectivity index (χ1v) is 7.58. The van der Waals surface area contributed by atoms with E-state index in [0.29, 0.717) is 11.5 Å². The number of amides is 1. The van der Waals surface area contributed by atoms with Crippen LogP contribution in [0.3, 0.4) is 0 Å². The van der Waals surface area contributed by atoms with Crippen LogP contribution in [-0.2, 0) is 7.05 Å². The molecule has 2 aromatic carbocycles. The predicted octanol–water partition coefficient (Wildman–Crippen LogP) is 4.10. The molecule has 0 atom stereocenters. The van der Waals surface area contributed by atoms with Gasteiger partial charge in [-0.3, -0.25) is 10.1 Å². The van der Waals surface area contributed by atoms with Crippen LogP contribution in [0.4, 0.5) is 5.95 Å². The van der Waals surface area contributed by atoms with E-state index in [1.165, 1.54) is 0 Å². The lowest BCUT2D eigenvalue weighted by Gasteiger charge is -2.07. The number of carbonyl (C=O) groups is 1. The van der Waals surface area contributed by atoms with Crippen molar-refractivity contribution in [2.75, 3.05) is 5.32 Å². The Bertz CT molecular complexity index is 795. The maximum atomic E-state index is 12.2. The molecule has 0 spiro atoms. The van der Waals surface area contributed by atoms with E-state index in [2.05, 4.69) is 26.2 Å². The summed E-state index contributed by atoms with van der Waals surface area (Å²) in [5, 5.41) is 2.83. The lowest BCUT2D eigenvalue weighted by molar-refractivity contribution is 0.102. The molecule has 0 fully saturated rings. The van der Waals surface area contributed by atoms with Crippen molar-refractivity contribution in [3.8, 4) is 11.3 Å². The van der Waals surface area contributed by atoms with Crippen molar-refractivity contribution in [1.82, 2.24) is 9.55 Å². The molecule has 0 bridgehead atoms. The SMILES string of the molecule is Cn1c(-c2ccc(Br)cc2)cnc1NC(=O)c1ccccc1. The van der Waals surface area contributed by atoms with Gasteiger partial charge in [-0.05, 0) is 29.8 Å². The highest BCUT2D eigenvalue weighted by Gasteiger charge is 2.12. The first kappa shape index (κ1) is 14.5. The number of nitrogens with one attached hydrogen (secondary N) is 1. The van der Waals surface area contributed by atoms with Gasteiger partial charge in [-0.1, -0.05) is 46.3 Å². The van der Waals surface area contributed by atoms with E-state index < -0.39 is 0 Å². The van der Waals surface area contributed by atoms with Crippen LogP contribution in [0.2, 0.25) is 0 Å². The zero-order valence-corrected chi connectivity index (χ0v) is 13.5. The Morgan fingerprint density at radius 1 is 1.09 bits per heavy atom. The van der Waals surface area contributed by atoms with Crippen molar-refractivity contribution >= 4 is 27.8 Å². The molecule has 110 valence electrons. The van der Waals surface area contributed by atoms with Gasteiger partial charge in [0.25, 0.3) is 5.91 Å². The molecule has 0 aliphatic heterocycles. The molecule has 3 aromatic rings. The van der Waals surface area contributed by atoms with Crippen LogP contribution in [0.15, 0.2) is 65.3 Å². The van der Waals surface area contributed by atoms with Crippen molar-refractivity contribution in [3.05, 3.63) is 70.8 Å². The Labute approximate surface area is 136 Å². The second-order valence-corrected chi connectivity index (χ2v) is 5.77. The van der Waals surface area contributed by atoms with Crippen molar-refractivity contribution in [3.63, 3.8) is 0 Å². The third-order valence-corrected chi connectivity index (χ3v) is 3.92. The maximum absolute atomic E-state index is 12.2. The summed E-state index contributed by atoms with van der Waals surface area (Å²) in [6.07, 6.45) is 1.75. The molecule has 1 amide bonds. The first-order valence-electron chi connectivity index (χ1n) is 6.79. The summed E-state index contributed by atoms with van der Waals surface area (Å²) in [4.78, 5) is 16.5. The fourth-order valence-corrected chi connectivity index (χ4v) is 2.44. The van der Waals surface area contributed by atoms with E-state index in [1.54, 1.807) is 18.3 Å².